The minimum atomic E-state index is 0.467. The van der Waals surface area contributed by atoms with Crippen LogP contribution in [0.4, 0.5) is 0 Å². The van der Waals surface area contributed by atoms with Crippen LogP contribution in [0.3, 0.4) is 0 Å². The van der Waals surface area contributed by atoms with E-state index in [0.29, 0.717) is 6.04 Å². The van der Waals surface area contributed by atoms with Crippen molar-refractivity contribution >= 4 is 35.0 Å². The van der Waals surface area contributed by atoms with Crippen LogP contribution in [-0.2, 0) is 6.54 Å². The van der Waals surface area contributed by atoms with E-state index in [2.05, 4.69) is 31.3 Å². The van der Waals surface area contributed by atoms with E-state index < -0.39 is 0 Å². The predicted octanol–water partition coefficient (Wildman–Crippen LogP) is 5.64. The van der Waals surface area contributed by atoms with Crippen molar-refractivity contribution in [3.8, 4) is 0 Å². The summed E-state index contributed by atoms with van der Waals surface area (Å²) in [5, 5.41) is 4.90. The molecule has 0 bridgehead atoms. The third kappa shape index (κ3) is 4.71. The lowest BCUT2D eigenvalue weighted by atomic mass is 10.2. The van der Waals surface area contributed by atoms with Gasteiger partial charge in [-0.2, -0.15) is 0 Å². The third-order valence-corrected chi connectivity index (χ3v) is 4.46. The first-order valence-electron chi connectivity index (χ1n) is 6.50. The Morgan fingerprint density at radius 2 is 1.90 bits per heavy atom. The Morgan fingerprint density at radius 3 is 2.55 bits per heavy atom. The van der Waals surface area contributed by atoms with Crippen LogP contribution in [0.25, 0.3) is 0 Å². The molecular weight excluding hydrogens is 309 g/mol. The van der Waals surface area contributed by atoms with E-state index in [1.165, 1.54) is 5.56 Å². The Hall–Kier alpha value is -0.670. The van der Waals surface area contributed by atoms with Crippen molar-refractivity contribution in [1.82, 2.24) is 5.32 Å². The van der Waals surface area contributed by atoms with Crippen LogP contribution in [0.15, 0.2) is 52.3 Å². The number of halogens is 2. The van der Waals surface area contributed by atoms with Gasteiger partial charge in [-0.25, -0.2) is 0 Å². The fourth-order valence-corrected chi connectivity index (χ4v) is 3.17. The average molecular weight is 326 g/mol. The van der Waals surface area contributed by atoms with Crippen molar-refractivity contribution in [1.29, 1.82) is 0 Å². The summed E-state index contributed by atoms with van der Waals surface area (Å²) in [4.78, 5) is 2.13. The zero-order valence-corrected chi connectivity index (χ0v) is 13.8. The first-order chi connectivity index (χ1) is 9.54. The largest absolute Gasteiger partial charge is 0.310 e. The van der Waals surface area contributed by atoms with Crippen LogP contribution in [-0.4, -0.2) is 6.04 Å². The smallest absolute Gasteiger partial charge is 0.0548 e. The Bertz CT molecular complexity index is 584. The molecule has 20 heavy (non-hydrogen) atoms. The predicted molar refractivity (Wildman–Crippen MR) is 89.0 cm³/mol. The number of benzene rings is 2. The Balaban J connectivity index is 2.09. The van der Waals surface area contributed by atoms with E-state index in [-0.39, 0.29) is 0 Å². The van der Waals surface area contributed by atoms with Crippen molar-refractivity contribution in [2.24, 2.45) is 0 Å². The van der Waals surface area contributed by atoms with Gasteiger partial charge in [0.1, 0.15) is 0 Å². The van der Waals surface area contributed by atoms with Gasteiger partial charge in [0.2, 0.25) is 0 Å². The van der Waals surface area contributed by atoms with Gasteiger partial charge in [-0.3, -0.25) is 0 Å². The normalized spacial score (nSPS) is 11.1. The molecular formula is C16H17Cl2NS. The molecule has 0 saturated carbocycles. The minimum absolute atomic E-state index is 0.467. The van der Waals surface area contributed by atoms with Crippen LogP contribution < -0.4 is 5.32 Å². The third-order valence-electron chi connectivity index (χ3n) is 2.73. The molecule has 0 atom stereocenters. The highest BCUT2D eigenvalue weighted by Gasteiger charge is 2.05. The first kappa shape index (κ1) is 15.7. The van der Waals surface area contributed by atoms with Gasteiger partial charge in [0.05, 0.1) is 5.02 Å². The van der Waals surface area contributed by atoms with E-state index in [1.807, 2.05) is 30.3 Å². The SMILES string of the molecule is CC(C)NCc1ccc(Sc2cccc(Cl)c2)c(Cl)c1. The highest BCUT2D eigenvalue weighted by molar-refractivity contribution is 7.99. The molecule has 0 unspecified atom stereocenters. The molecule has 0 aromatic heterocycles. The fraction of sp³-hybridized carbons (Fsp3) is 0.250. The maximum Gasteiger partial charge on any atom is 0.0548 e. The minimum Gasteiger partial charge on any atom is -0.310 e. The van der Waals surface area contributed by atoms with Gasteiger partial charge in [0.15, 0.2) is 0 Å². The number of hydrogen-bond acceptors (Lipinski definition) is 2. The van der Waals surface area contributed by atoms with Crippen LogP contribution in [0.2, 0.25) is 10.0 Å². The fourth-order valence-electron chi connectivity index (χ4n) is 1.72. The van der Waals surface area contributed by atoms with E-state index >= 15 is 0 Å². The molecule has 0 saturated heterocycles. The number of hydrogen-bond donors (Lipinski definition) is 1. The highest BCUT2D eigenvalue weighted by atomic mass is 35.5. The molecule has 4 heteroatoms. The second kappa shape index (κ2) is 7.37. The summed E-state index contributed by atoms with van der Waals surface area (Å²) in [5.74, 6) is 0. The summed E-state index contributed by atoms with van der Waals surface area (Å²) < 4.78 is 0. The van der Waals surface area contributed by atoms with Crippen LogP contribution in [0.1, 0.15) is 19.4 Å². The summed E-state index contributed by atoms with van der Waals surface area (Å²) >= 11 is 14.0. The van der Waals surface area contributed by atoms with Crippen molar-refractivity contribution in [2.45, 2.75) is 36.2 Å². The van der Waals surface area contributed by atoms with Gasteiger partial charge in [0.25, 0.3) is 0 Å². The summed E-state index contributed by atoms with van der Waals surface area (Å²) in [7, 11) is 0. The summed E-state index contributed by atoms with van der Waals surface area (Å²) in [6.07, 6.45) is 0. The Morgan fingerprint density at radius 1 is 1.10 bits per heavy atom. The van der Waals surface area contributed by atoms with Gasteiger partial charge < -0.3 is 5.32 Å². The van der Waals surface area contributed by atoms with Crippen molar-refractivity contribution in [3.05, 3.63) is 58.1 Å². The molecule has 0 aliphatic carbocycles. The standard InChI is InChI=1S/C16H17Cl2NS/c1-11(2)19-10-12-6-7-16(15(18)8-12)20-14-5-3-4-13(17)9-14/h3-9,11,19H,10H2,1-2H3. The quantitative estimate of drug-likeness (QED) is 0.763. The molecule has 0 spiro atoms. The molecule has 0 radical (unpaired) electrons. The molecule has 2 aromatic rings. The first-order valence-corrected chi connectivity index (χ1v) is 8.07. The van der Waals surface area contributed by atoms with Gasteiger partial charge in [-0.15, -0.1) is 0 Å². The van der Waals surface area contributed by atoms with Gasteiger partial charge in [-0.1, -0.05) is 60.9 Å². The zero-order valence-electron chi connectivity index (χ0n) is 11.5. The molecule has 1 N–H and O–H groups in total. The Labute approximate surface area is 134 Å². The topological polar surface area (TPSA) is 12.0 Å². The molecule has 1 nitrogen and oxygen atoms in total. The van der Waals surface area contributed by atoms with E-state index in [9.17, 15) is 0 Å². The van der Waals surface area contributed by atoms with E-state index in [1.54, 1.807) is 11.8 Å². The monoisotopic (exact) mass is 325 g/mol. The molecule has 0 fully saturated rings. The van der Waals surface area contributed by atoms with Crippen molar-refractivity contribution in [2.75, 3.05) is 0 Å². The second-order valence-electron chi connectivity index (χ2n) is 4.86. The van der Waals surface area contributed by atoms with E-state index in [0.717, 1.165) is 26.4 Å². The number of rotatable bonds is 5. The number of nitrogens with one attached hydrogen (secondary N) is 1. The highest BCUT2D eigenvalue weighted by Crippen LogP contribution is 2.34. The summed E-state index contributed by atoms with van der Waals surface area (Å²) in [6.45, 7) is 5.09. The molecule has 106 valence electrons. The molecule has 0 aliphatic heterocycles. The average Bonchev–Trinajstić information content (AvgIpc) is 2.39. The maximum absolute atomic E-state index is 6.35. The van der Waals surface area contributed by atoms with Crippen molar-refractivity contribution in [3.63, 3.8) is 0 Å². The zero-order chi connectivity index (χ0) is 14.5. The van der Waals surface area contributed by atoms with Crippen LogP contribution in [0, 0.1) is 0 Å². The molecule has 2 rings (SSSR count). The molecule has 0 aliphatic rings. The molecule has 0 amide bonds. The second-order valence-corrected chi connectivity index (χ2v) is 6.82. The van der Waals surface area contributed by atoms with Crippen LogP contribution in [0.5, 0.6) is 0 Å². The lowest BCUT2D eigenvalue weighted by Gasteiger charge is -2.10. The molecule has 0 heterocycles. The van der Waals surface area contributed by atoms with Gasteiger partial charge in [0, 0.05) is 27.4 Å². The van der Waals surface area contributed by atoms with Crippen molar-refractivity contribution < 1.29 is 0 Å². The van der Waals surface area contributed by atoms with Gasteiger partial charge in [-0.05, 0) is 35.9 Å². The van der Waals surface area contributed by atoms with E-state index in [4.69, 9.17) is 23.2 Å². The maximum atomic E-state index is 6.35. The Kier molecular flexibility index (Phi) is 5.79. The lowest BCUT2D eigenvalue weighted by Crippen LogP contribution is -2.21. The van der Waals surface area contributed by atoms with Gasteiger partial charge >= 0.3 is 0 Å². The summed E-state index contributed by atoms with van der Waals surface area (Å²) in [6, 6.07) is 14.4. The van der Waals surface area contributed by atoms with Crippen LogP contribution >= 0.6 is 35.0 Å². The molecule has 2 aromatic carbocycles. The summed E-state index contributed by atoms with van der Waals surface area (Å²) in [5.41, 5.74) is 1.19. The lowest BCUT2D eigenvalue weighted by molar-refractivity contribution is 0.589.